The molecule has 0 atom stereocenters. The van der Waals surface area contributed by atoms with Crippen molar-refractivity contribution in [1.82, 2.24) is 0 Å². The van der Waals surface area contributed by atoms with E-state index in [9.17, 15) is 26.3 Å². The Morgan fingerprint density at radius 2 is 1.55 bits per heavy atom. The first-order chi connectivity index (χ1) is 15.7. The molecule has 2 aromatic rings. The number of ether oxygens (including phenoxy) is 1. The van der Waals surface area contributed by atoms with E-state index in [-0.39, 0.29) is 5.92 Å². The number of hydrogen-bond donors (Lipinski definition) is 0. The van der Waals surface area contributed by atoms with Gasteiger partial charge in [0.25, 0.3) is 0 Å². The lowest BCUT2D eigenvalue weighted by molar-refractivity contribution is -0.189. The largest absolute Gasteiger partial charge is 0.432 e. The first-order valence-corrected chi connectivity index (χ1v) is 10.7. The van der Waals surface area contributed by atoms with E-state index < -0.39 is 46.3 Å². The molecule has 1 aliphatic carbocycles. The molecule has 0 aromatic heterocycles. The third-order valence-electron chi connectivity index (χ3n) is 6.02. The highest BCUT2D eigenvalue weighted by atomic mass is 19.3. The van der Waals surface area contributed by atoms with Crippen LogP contribution in [0.3, 0.4) is 0 Å². The summed E-state index contributed by atoms with van der Waals surface area (Å²) >= 11 is 0. The van der Waals surface area contributed by atoms with Gasteiger partial charge in [0, 0.05) is 12.1 Å². The normalized spacial score (nSPS) is 19.0. The summed E-state index contributed by atoms with van der Waals surface area (Å²) in [6, 6.07) is 3.70. The van der Waals surface area contributed by atoms with Gasteiger partial charge in [0.15, 0.2) is 0 Å². The topological polar surface area (TPSA) is 33.0 Å². The van der Waals surface area contributed by atoms with Crippen molar-refractivity contribution in [3.05, 3.63) is 76.4 Å². The molecule has 1 aliphatic rings. The van der Waals surface area contributed by atoms with Gasteiger partial charge in [0.2, 0.25) is 0 Å². The van der Waals surface area contributed by atoms with Crippen molar-refractivity contribution in [2.45, 2.75) is 57.5 Å². The highest BCUT2D eigenvalue weighted by molar-refractivity contribution is 5.39. The number of hydrogen-bond acceptors (Lipinski definition) is 2. The maximum atomic E-state index is 14.6. The molecule has 0 spiro atoms. The van der Waals surface area contributed by atoms with E-state index in [1.54, 1.807) is 0 Å². The van der Waals surface area contributed by atoms with Gasteiger partial charge in [-0.15, -0.1) is 0 Å². The third-order valence-corrected chi connectivity index (χ3v) is 6.02. The fourth-order valence-corrected chi connectivity index (χ4v) is 4.30. The van der Waals surface area contributed by atoms with Crippen molar-refractivity contribution in [3.8, 4) is 11.8 Å². The lowest BCUT2D eigenvalue weighted by atomic mass is 9.77. The van der Waals surface area contributed by atoms with E-state index in [1.165, 1.54) is 6.07 Å². The maximum Gasteiger partial charge on any atom is 0.432 e. The summed E-state index contributed by atoms with van der Waals surface area (Å²) in [7, 11) is 0. The van der Waals surface area contributed by atoms with Crippen molar-refractivity contribution in [1.29, 1.82) is 5.26 Å². The molecule has 1 saturated carbocycles. The van der Waals surface area contributed by atoms with Crippen LogP contribution in [-0.4, -0.2) is 0 Å². The number of nitriles is 1. The standard InChI is InChI=1S/C25H23F6NO/c1-2-3-4-5-15-6-8-16(9-7-15)17-10-22(28)24(23(29)11-17)25(30,31)33-18-12-20(26)19(14-32)21(27)13-18/h2-3,10-13,15-16H,4-9H2,1H3/b3-2-/t15-,16-. The SMILES string of the molecule is C/C=C\CC[C@H]1CC[C@H](c2cc(F)c(C(F)(F)Oc3cc(F)c(C#N)c(F)c3)c(F)c2)CC1. The molecular weight excluding hydrogens is 444 g/mol. The van der Waals surface area contributed by atoms with Gasteiger partial charge in [0.05, 0.1) is 0 Å². The first-order valence-electron chi connectivity index (χ1n) is 10.7. The van der Waals surface area contributed by atoms with E-state index >= 15 is 0 Å². The number of halogens is 6. The maximum absolute atomic E-state index is 14.6. The highest BCUT2D eigenvalue weighted by Gasteiger charge is 2.42. The Morgan fingerprint density at radius 1 is 0.970 bits per heavy atom. The summed E-state index contributed by atoms with van der Waals surface area (Å²) in [5.41, 5.74) is -2.33. The number of rotatable bonds is 7. The van der Waals surface area contributed by atoms with Crippen LogP contribution in [0.15, 0.2) is 36.4 Å². The van der Waals surface area contributed by atoms with Crippen LogP contribution in [0.1, 0.15) is 68.1 Å². The summed E-state index contributed by atoms with van der Waals surface area (Å²) in [5.74, 6) is -6.48. The van der Waals surface area contributed by atoms with Gasteiger partial charge < -0.3 is 4.74 Å². The molecule has 176 valence electrons. The minimum absolute atomic E-state index is 0.141. The first kappa shape index (κ1) is 24.7. The van der Waals surface area contributed by atoms with Gasteiger partial charge >= 0.3 is 6.11 Å². The van der Waals surface area contributed by atoms with Crippen molar-refractivity contribution >= 4 is 0 Å². The van der Waals surface area contributed by atoms with E-state index in [1.807, 2.05) is 13.0 Å². The molecule has 2 nitrogen and oxygen atoms in total. The van der Waals surface area contributed by atoms with Crippen LogP contribution in [0.25, 0.3) is 0 Å². The molecule has 0 unspecified atom stereocenters. The molecule has 0 N–H and O–H groups in total. The predicted octanol–water partition coefficient (Wildman–Crippen LogP) is 7.87. The lowest BCUT2D eigenvalue weighted by Crippen LogP contribution is -2.26. The molecule has 0 saturated heterocycles. The van der Waals surface area contributed by atoms with Crippen molar-refractivity contribution in [2.24, 2.45) is 5.92 Å². The van der Waals surface area contributed by atoms with Crippen LogP contribution in [-0.2, 0) is 6.11 Å². The molecule has 0 radical (unpaired) electrons. The average molecular weight is 467 g/mol. The van der Waals surface area contributed by atoms with Crippen molar-refractivity contribution < 1.29 is 31.1 Å². The number of benzene rings is 2. The second-order valence-corrected chi connectivity index (χ2v) is 8.22. The summed E-state index contributed by atoms with van der Waals surface area (Å²) in [4.78, 5) is 0. The van der Waals surface area contributed by atoms with Gasteiger partial charge in [-0.05, 0) is 75.0 Å². The minimum Gasteiger partial charge on any atom is -0.429 e. The van der Waals surface area contributed by atoms with E-state index in [0.717, 1.165) is 37.8 Å². The molecule has 0 amide bonds. The predicted molar refractivity (Wildman–Crippen MR) is 111 cm³/mol. The van der Waals surface area contributed by atoms with Crippen LogP contribution in [0.5, 0.6) is 5.75 Å². The Labute approximate surface area is 188 Å². The smallest absolute Gasteiger partial charge is 0.429 e. The molecule has 0 heterocycles. The fraction of sp³-hybridized carbons (Fsp3) is 0.400. The highest BCUT2D eigenvalue weighted by Crippen LogP contribution is 2.41. The minimum atomic E-state index is -4.54. The van der Waals surface area contributed by atoms with Crippen molar-refractivity contribution in [2.75, 3.05) is 0 Å². The summed E-state index contributed by atoms with van der Waals surface area (Å²) in [5, 5.41) is 8.65. The summed E-state index contributed by atoms with van der Waals surface area (Å²) in [6.07, 6.45) is 4.76. The Bertz CT molecular complexity index is 1020. The average Bonchev–Trinajstić information content (AvgIpc) is 2.73. The quantitative estimate of drug-likeness (QED) is 0.307. The van der Waals surface area contributed by atoms with E-state index in [0.29, 0.717) is 36.5 Å². The van der Waals surface area contributed by atoms with Gasteiger partial charge in [-0.1, -0.05) is 12.2 Å². The Hall–Kier alpha value is -2.95. The molecule has 3 rings (SSSR count). The Morgan fingerprint density at radius 3 is 2.06 bits per heavy atom. The molecule has 8 heteroatoms. The number of allylic oxidation sites excluding steroid dienone is 2. The molecule has 2 aromatic carbocycles. The van der Waals surface area contributed by atoms with Crippen LogP contribution >= 0.6 is 0 Å². The monoisotopic (exact) mass is 467 g/mol. The molecular formula is C25H23F6NO. The second kappa shape index (κ2) is 10.3. The van der Waals surface area contributed by atoms with Gasteiger partial charge in [-0.25, -0.2) is 17.6 Å². The molecule has 0 aliphatic heterocycles. The second-order valence-electron chi connectivity index (χ2n) is 8.22. The zero-order valence-electron chi connectivity index (χ0n) is 18.0. The van der Waals surface area contributed by atoms with Crippen molar-refractivity contribution in [3.63, 3.8) is 0 Å². The van der Waals surface area contributed by atoms with Crippen LogP contribution in [0, 0.1) is 40.5 Å². The zero-order chi connectivity index (χ0) is 24.2. The zero-order valence-corrected chi connectivity index (χ0v) is 18.0. The molecule has 0 bridgehead atoms. The van der Waals surface area contributed by atoms with Crippen LogP contribution < -0.4 is 4.74 Å². The third kappa shape index (κ3) is 5.70. The van der Waals surface area contributed by atoms with Gasteiger partial charge in [-0.2, -0.15) is 14.0 Å². The number of nitrogens with zero attached hydrogens (tertiary/aromatic N) is 1. The Balaban J connectivity index is 1.77. The fourth-order valence-electron chi connectivity index (χ4n) is 4.30. The van der Waals surface area contributed by atoms with Gasteiger partial charge in [-0.3, -0.25) is 0 Å². The Kier molecular flexibility index (Phi) is 7.72. The van der Waals surface area contributed by atoms with E-state index in [2.05, 4.69) is 10.8 Å². The van der Waals surface area contributed by atoms with Gasteiger partial charge in [0.1, 0.15) is 46.2 Å². The van der Waals surface area contributed by atoms with Crippen LogP contribution in [0.2, 0.25) is 0 Å². The summed E-state index contributed by atoms with van der Waals surface area (Å²) in [6.45, 7) is 1.96. The van der Waals surface area contributed by atoms with Crippen LogP contribution in [0.4, 0.5) is 26.3 Å². The molecule has 33 heavy (non-hydrogen) atoms. The number of alkyl halides is 2. The molecule has 1 fully saturated rings. The summed E-state index contributed by atoms with van der Waals surface area (Å²) < 4.78 is 90.0. The lowest BCUT2D eigenvalue weighted by Gasteiger charge is -2.29. The van der Waals surface area contributed by atoms with E-state index in [4.69, 9.17) is 5.26 Å².